The van der Waals surface area contributed by atoms with Gasteiger partial charge in [0.25, 0.3) is 0 Å². The van der Waals surface area contributed by atoms with E-state index in [2.05, 4.69) is 63.5 Å². The minimum atomic E-state index is -3.53. The Hall–Kier alpha value is -11.6. The van der Waals surface area contributed by atoms with E-state index in [9.17, 15) is 106 Å². The molecule has 12 rings (SSSR count). The molecule has 12 aromatic carbocycles. The van der Waals surface area contributed by atoms with Crippen molar-refractivity contribution in [3.63, 3.8) is 0 Å². The summed E-state index contributed by atoms with van der Waals surface area (Å²) in [5, 5.41) is 2.68. The van der Waals surface area contributed by atoms with E-state index in [1.54, 1.807) is 107 Å². The summed E-state index contributed by atoms with van der Waals surface area (Å²) in [7, 11) is -20.9. The molecule has 137 heavy (non-hydrogen) atoms. The summed E-state index contributed by atoms with van der Waals surface area (Å²) in [6.45, 7) is 33.9. The van der Waals surface area contributed by atoms with Gasteiger partial charge in [-0.1, -0.05) is 293 Å². The molecule has 0 aliphatic heterocycles. The third-order valence-corrected chi connectivity index (χ3v) is 26.6. The van der Waals surface area contributed by atoms with Crippen LogP contribution in [-0.2, 0) is 63.8 Å². The van der Waals surface area contributed by atoms with Gasteiger partial charge in [-0.3, -0.25) is 24.0 Å². The van der Waals surface area contributed by atoms with E-state index < -0.39 is 104 Å². The number of aryl methyl sites for hydroxylation is 2. The van der Waals surface area contributed by atoms with E-state index in [1.807, 2.05) is 191 Å². The van der Waals surface area contributed by atoms with Crippen LogP contribution in [0, 0.1) is 37.1 Å². The van der Waals surface area contributed by atoms with Crippen molar-refractivity contribution >= 4 is 120 Å². The Morgan fingerprint density at radius 3 is 0.657 bits per heavy atom. The molecular formula is C105H128F6O18S6Si2. The molecule has 0 aromatic heterocycles. The van der Waals surface area contributed by atoms with E-state index in [1.165, 1.54) is 67.3 Å². The minimum Gasteiger partial charge on any atom is -0.300 e. The topological polar surface area (TPSA) is 307 Å². The van der Waals surface area contributed by atoms with Crippen molar-refractivity contribution in [3.05, 3.63) is 366 Å². The predicted molar refractivity (Wildman–Crippen MR) is 551 cm³/mol. The maximum Gasteiger partial charge on any atom is 0.242 e. The average molecular weight is 2040 g/mol. The van der Waals surface area contributed by atoms with Crippen LogP contribution in [0.4, 0.5) is 26.3 Å². The lowest BCUT2D eigenvalue weighted by Gasteiger charge is -2.16. The molecule has 0 aliphatic rings. The van der Waals surface area contributed by atoms with Crippen molar-refractivity contribution in [2.45, 2.75) is 160 Å². The van der Waals surface area contributed by atoms with Gasteiger partial charge >= 0.3 is 0 Å². The number of halogens is 6. The zero-order valence-corrected chi connectivity index (χ0v) is 89.3. The Kier molecular flexibility index (Phi) is 56.6. The summed E-state index contributed by atoms with van der Waals surface area (Å²) < 4.78 is 201. The molecule has 18 nitrogen and oxygen atoms in total. The zero-order valence-electron chi connectivity index (χ0n) is 82.4. The standard InChI is InChI=1S/C14H12O.C13H12O2S.C11H16OSi.C10H16O2SSi.C9H10O.C8H6F2O.C8H10O2S.C8H8O.C7H6F2O2S.C7H8O2S.C3H6F2.C3H6O.C2H6O2S.C2H6/c1-11(15)12-7-9-14(10-8-12)13-5-3-2-4-6-13;1-16(14,15)13-9-7-12(8-10-13)11-5-3-2-4-6-11;1-9(12)10-5-7-11(8-6-10)13(2,3)4;1-13(11,12)9-5-7-10(8-6-9)14(2,3)4;1-7-3-5-9(6-4-7)8(2)10;1-5(11)6-2-7(9)4-8(10)3-6;1-7-3-5-8(6-4-7)11(2,9)10;1-7(9)8-5-3-2-4-6-8;1-12(10,11)7-3-5(8)2-6(9)4-7;1-10(8,9)7-5-3-2-4-6-7;1-3(2,4)5;1-3(2)4;1-5(2,3)4;1-2/h2-10H,1H3;2-10H,1H3;5-8H,1-4H3;5-8H,1-4H3;3-6H,1-2H3;2-4H,1H3;3-6H,1-2H3;2-6H,1H3;2-4H,1H3;2-6H,1H3;1-2H3;1-2H3;1-2H3;1-2H3. The first-order chi connectivity index (χ1) is 62.8. The van der Waals surface area contributed by atoms with Gasteiger partial charge in [0.2, 0.25) is 5.92 Å². The number of sulfone groups is 6. The molecule has 0 fully saturated rings. The fourth-order valence-electron chi connectivity index (χ4n) is 9.87. The third kappa shape index (κ3) is 61.3. The van der Waals surface area contributed by atoms with Crippen LogP contribution in [-0.4, -0.2) is 151 Å². The number of alkyl halides is 2. The van der Waals surface area contributed by atoms with Gasteiger partial charge in [-0.15, -0.1) is 0 Å². The Morgan fingerprint density at radius 1 is 0.248 bits per heavy atom. The highest BCUT2D eigenvalue weighted by molar-refractivity contribution is 7.92. The second kappa shape index (κ2) is 60.9. The fraction of sp³-hybridized carbons (Fsp3) is 0.257. The third-order valence-electron chi connectivity index (χ3n) is 16.9. The van der Waals surface area contributed by atoms with Crippen molar-refractivity contribution in [2.24, 2.45) is 0 Å². The van der Waals surface area contributed by atoms with E-state index in [0.29, 0.717) is 25.6 Å². The molecule has 0 spiro atoms. The number of Topliss-reactive ketones (excluding diaryl/α,β-unsaturated/α-hetero) is 6. The minimum absolute atomic E-state index is 0.0579. The quantitative estimate of drug-likeness (QED) is 0.0555. The van der Waals surface area contributed by atoms with Crippen LogP contribution in [0.1, 0.15) is 139 Å². The molecular weight excluding hydrogens is 1910 g/mol. The van der Waals surface area contributed by atoms with Crippen LogP contribution in [0.15, 0.2) is 328 Å². The van der Waals surface area contributed by atoms with Crippen LogP contribution in [0.5, 0.6) is 0 Å². The SMILES string of the molecule is CC.CC(=O)c1cc(F)cc(F)c1.CC(=O)c1ccc(-c2ccccc2)cc1.CC(=O)c1ccc(C)cc1.CC(=O)c1ccc([Si](C)(C)C)cc1.CC(=O)c1ccccc1.CC(C)(F)F.CC(C)=O.CS(=O)(=O)c1cc(F)cc(F)c1.CS(=O)(=O)c1ccc(-c2ccccc2)cc1.CS(=O)(=O)c1ccccc1.CS(C)(=O)=O.C[Si](C)(C)c1ccc(S(C)(=O)=O)cc1.Cc1ccc(S(C)(=O)=O)cc1. The number of hydrogen-bond donors (Lipinski definition) is 0. The smallest absolute Gasteiger partial charge is 0.242 e. The normalized spacial score (nSPS) is 10.7. The zero-order chi connectivity index (χ0) is 106. The highest BCUT2D eigenvalue weighted by Crippen LogP contribution is 2.23. The van der Waals surface area contributed by atoms with Gasteiger partial charge in [0, 0.05) is 83.7 Å². The number of rotatable bonds is 14. The summed E-state index contributed by atoms with van der Waals surface area (Å²) in [6.07, 6.45) is 8.06. The molecule has 0 saturated heterocycles. The highest BCUT2D eigenvalue weighted by atomic mass is 32.2. The number of carbonyl (C=O) groups is 6. The summed E-state index contributed by atoms with van der Waals surface area (Å²) in [6, 6.07) is 86.8. The fourth-order valence-corrected chi connectivity index (χ4v) is 15.4. The van der Waals surface area contributed by atoms with Gasteiger partial charge < -0.3 is 4.79 Å². The average Bonchev–Trinajstić information content (AvgIpc) is 0.837. The van der Waals surface area contributed by atoms with Crippen LogP contribution in [0.3, 0.4) is 0 Å². The molecule has 0 heterocycles. The molecule has 0 aliphatic carbocycles. The molecule has 0 N–H and O–H groups in total. The van der Waals surface area contributed by atoms with E-state index in [4.69, 9.17) is 0 Å². The summed E-state index contributed by atoms with van der Waals surface area (Å²) in [4.78, 5) is 64.7. The molecule has 0 amide bonds. The van der Waals surface area contributed by atoms with Gasteiger partial charge in [-0.05, 0) is 171 Å². The Morgan fingerprint density at radius 2 is 0.423 bits per heavy atom. The lowest BCUT2D eigenvalue weighted by atomic mass is 10.0. The molecule has 0 radical (unpaired) electrons. The second-order valence-electron chi connectivity index (χ2n) is 33.1. The monoisotopic (exact) mass is 2040 g/mol. The second-order valence-corrected chi connectivity index (χ2v) is 55.6. The summed E-state index contributed by atoms with van der Waals surface area (Å²) in [5.41, 5.74) is 9.86. The molecule has 0 unspecified atom stereocenters. The molecule has 12 aromatic rings. The lowest BCUT2D eigenvalue weighted by Crippen LogP contribution is -2.37. The first-order valence-electron chi connectivity index (χ1n) is 42.0. The largest absolute Gasteiger partial charge is 0.300 e. The first-order valence-corrected chi connectivity index (χ1v) is 60.8. The lowest BCUT2D eigenvalue weighted by molar-refractivity contribution is -0.115. The first kappa shape index (κ1) is 127. The van der Waals surface area contributed by atoms with E-state index >= 15 is 0 Å². The number of hydrogen-bond acceptors (Lipinski definition) is 18. The van der Waals surface area contributed by atoms with E-state index in [0.717, 1.165) is 107 Å². The number of carbonyl (C=O) groups excluding carboxylic acids is 6. The van der Waals surface area contributed by atoms with Crippen molar-refractivity contribution in [1.29, 1.82) is 0 Å². The Labute approximate surface area is 811 Å². The number of benzene rings is 12. The summed E-state index contributed by atoms with van der Waals surface area (Å²) >= 11 is 0. The van der Waals surface area contributed by atoms with Crippen molar-refractivity contribution in [2.75, 3.05) is 43.8 Å². The van der Waals surface area contributed by atoms with Crippen LogP contribution in [0.25, 0.3) is 22.3 Å². The molecule has 742 valence electrons. The Balaban J connectivity index is 0. The van der Waals surface area contributed by atoms with Gasteiger partial charge in [-0.25, -0.2) is 76.8 Å². The van der Waals surface area contributed by atoms with Crippen LogP contribution in [0.2, 0.25) is 39.3 Å². The van der Waals surface area contributed by atoms with Gasteiger partial charge in [-0.2, -0.15) is 0 Å². The van der Waals surface area contributed by atoms with Crippen molar-refractivity contribution in [3.8, 4) is 22.3 Å². The predicted octanol–water partition coefficient (Wildman–Crippen LogP) is 23.4. The van der Waals surface area contributed by atoms with E-state index in [-0.39, 0.29) is 45.2 Å². The van der Waals surface area contributed by atoms with Gasteiger partial charge in [0.15, 0.2) is 78.1 Å². The maximum absolute atomic E-state index is 12.5. The maximum atomic E-state index is 12.5. The molecule has 0 saturated carbocycles. The van der Waals surface area contributed by atoms with Crippen molar-refractivity contribution < 1.29 is 106 Å². The molecule has 32 heteroatoms. The van der Waals surface area contributed by atoms with Gasteiger partial charge in [0.1, 0.15) is 38.9 Å². The van der Waals surface area contributed by atoms with Crippen LogP contribution >= 0.6 is 0 Å². The van der Waals surface area contributed by atoms with Crippen molar-refractivity contribution in [1.82, 2.24) is 0 Å². The molecule has 0 atom stereocenters. The Bertz CT molecular complexity index is 6440. The van der Waals surface area contributed by atoms with Crippen LogP contribution < -0.4 is 10.4 Å². The summed E-state index contributed by atoms with van der Waals surface area (Å²) in [5.74, 6) is -5.42. The number of ketones is 6. The van der Waals surface area contributed by atoms with Gasteiger partial charge in [0.05, 0.1) is 40.6 Å². The molecule has 0 bridgehead atoms. The highest BCUT2D eigenvalue weighted by Gasteiger charge is 2.19.